The van der Waals surface area contributed by atoms with Crippen molar-refractivity contribution in [1.29, 1.82) is 0 Å². The van der Waals surface area contributed by atoms with Crippen LogP contribution in [0.2, 0.25) is 0 Å². The molecule has 1 atom stereocenters. The lowest BCUT2D eigenvalue weighted by molar-refractivity contribution is -0.126. The quantitative estimate of drug-likeness (QED) is 0.542. The monoisotopic (exact) mass is 500 g/mol. The summed E-state index contributed by atoms with van der Waals surface area (Å²) in [5.41, 5.74) is 1.03. The minimum Gasteiger partial charge on any atom is -0.349 e. The van der Waals surface area contributed by atoms with Crippen molar-refractivity contribution in [3.05, 3.63) is 76.8 Å². The largest absolute Gasteiger partial charge is 0.349 e. The van der Waals surface area contributed by atoms with Crippen molar-refractivity contribution < 1.29 is 13.2 Å². The van der Waals surface area contributed by atoms with E-state index in [0.29, 0.717) is 30.8 Å². The Labute approximate surface area is 191 Å². The first-order valence-electron chi connectivity index (χ1n) is 10.4. The zero-order chi connectivity index (χ0) is 22.0. The number of nitrogens with zero attached hydrogens (tertiary/aromatic N) is 1. The van der Waals surface area contributed by atoms with E-state index in [4.69, 9.17) is 0 Å². The second-order valence-electron chi connectivity index (χ2n) is 7.97. The van der Waals surface area contributed by atoms with Crippen LogP contribution in [0.25, 0.3) is 10.8 Å². The minimum absolute atomic E-state index is 0.0183. The molecule has 1 fully saturated rings. The highest BCUT2D eigenvalue weighted by Crippen LogP contribution is 2.27. The van der Waals surface area contributed by atoms with Crippen LogP contribution in [-0.2, 0) is 14.8 Å². The first-order chi connectivity index (χ1) is 14.8. The highest BCUT2D eigenvalue weighted by atomic mass is 79.9. The Hall–Kier alpha value is -2.22. The van der Waals surface area contributed by atoms with E-state index in [1.54, 1.807) is 12.1 Å². The maximum absolute atomic E-state index is 13.1. The second-order valence-corrected chi connectivity index (χ2v) is 10.8. The van der Waals surface area contributed by atoms with Crippen molar-refractivity contribution in [1.82, 2.24) is 9.62 Å². The molecule has 3 aromatic rings. The van der Waals surface area contributed by atoms with Crippen molar-refractivity contribution in [2.24, 2.45) is 5.92 Å². The van der Waals surface area contributed by atoms with Crippen LogP contribution in [0, 0.1) is 5.92 Å². The number of carbonyl (C=O) groups excluding carboxylic acids is 1. The van der Waals surface area contributed by atoms with Gasteiger partial charge in [0.2, 0.25) is 15.9 Å². The van der Waals surface area contributed by atoms with E-state index >= 15 is 0 Å². The van der Waals surface area contributed by atoms with Crippen LogP contribution < -0.4 is 5.32 Å². The molecule has 0 bridgehead atoms. The molecule has 0 aromatic heterocycles. The fraction of sp³-hybridized carbons (Fsp3) is 0.292. The average Bonchev–Trinajstić information content (AvgIpc) is 2.78. The Balaban J connectivity index is 1.39. The van der Waals surface area contributed by atoms with Gasteiger partial charge in [-0.1, -0.05) is 58.4 Å². The number of fused-ring (bicyclic) bond motifs is 1. The summed E-state index contributed by atoms with van der Waals surface area (Å²) in [6.45, 7) is 2.65. The lowest BCUT2D eigenvalue weighted by Gasteiger charge is -2.31. The molecule has 1 amide bonds. The van der Waals surface area contributed by atoms with Crippen LogP contribution >= 0.6 is 15.9 Å². The molecule has 31 heavy (non-hydrogen) atoms. The van der Waals surface area contributed by atoms with Gasteiger partial charge >= 0.3 is 0 Å². The third kappa shape index (κ3) is 4.84. The summed E-state index contributed by atoms with van der Waals surface area (Å²) >= 11 is 3.46. The number of carbonyl (C=O) groups is 1. The summed E-state index contributed by atoms with van der Waals surface area (Å²) in [5, 5.41) is 4.98. The molecule has 0 spiro atoms. The van der Waals surface area contributed by atoms with Gasteiger partial charge < -0.3 is 5.32 Å². The molecule has 1 aliphatic rings. The zero-order valence-corrected chi connectivity index (χ0v) is 19.7. The highest BCUT2D eigenvalue weighted by Gasteiger charge is 2.32. The number of amides is 1. The van der Waals surface area contributed by atoms with Gasteiger partial charge in [-0.3, -0.25) is 4.79 Å². The van der Waals surface area contributed by atoms with E-state index in [0.717, 1.165) is 20.8 Å². The van der Waals surface area contributed by atoms with Gasteiger partial charge in [0.25, 0.3) is 0 Å². The lowest BCUT2D eigenvalue weighted by atomic mass is 9.96. The van der Waals surface area contributed by atoms with Gasteiger partial charge in [0.1, 0.15) is 0 Å². The normalized spacial score (nSPS) is 16.8. The highest BCUT2D eigenvalue weighted by molar-refractivity contribution is 9.10. The number of benzene rings is 3. The summed E-state index contributed by atoms with van der Waals surface area (Å²) in [4.78, 5) is 13.1. The number of nitrogens with one attached hydrogen (secondary N) is 1. The maximum atomic E-state index is 13.1. The van der Waals surface area contributed by atoms with Crippen LogP contribution in [0.3, 0.4) is 0 Å². The number of sulfonamides is 1. The van der Waals surface area contributed by atoms with Gasteiger partial charge in [-0.2, -0.15) is 4.31 Å². The summed E-state index contributed by atoms with van der Waals surface area (Å²) in [6.07, 6.45) is 1.04. The Bertz CT molecular complexity index is 1200. The van der Waals surface area contributed by atoms with Crippen molar-refractivity contribution in [2.75, 3.05) is 13.1 Å². The van der Waals surface area contributed by atoms with Gasteiger partial charge in [0, 0.05) is 23.5 Å². The third-order valence-electron chi connectivity index (χ3n) is 5.89. The standard InChI is InChI=1S/C24H25BrN2O3S/c1-17(20-7-4-8-22(25)15-20)26-24(28)19-11-13-27(14-12-19)31(29,30)23-10-9-18-5-2-3-6-21(18)16-23/h2-10,15-17,19H,11-14H2,1H3,(H,26,28)/t17-/m0/s1. The smallest absolute Gasteiger partial charge is 0.243 e. The van der Waals surface area contributed by atoms with E-state index in [1.165, 1.54) is 4.31 Å². The van der Waals surface area contributed by atoms with Gasteiger partial charge in [-0.05, 0) is 60.4 Å². The molecule has 1 N–H and O–H groups in total. The third-order valence-corrected chi connectivity index (χ3v) is 8.28. The molecule has 0 unspecified atom stereocenters. The Kier molecular flexibility index (Phi) is 6.46. The van der Waals surface area contributed by atoms with Crippen LogP contribution in [0.15, 0.2) is 76.1 Å². The van der Waals surface area contributed by atoms with Crippen LogP contribution in [-0.4, -0.2) is 31.7 Å². The Morgan fingerprint density at radius 1 is 1.00 bits per heavy atom. The molecule has 0 saturated carbocycles. The first kappa shape index (κ1) is 22.0. The average molecular weight is 501 g/mol. The van der Waals surface area contributed by atoms with Crippen LogP contribution in [0.4, 0.5) is 0 Å². The summed E-state index contributed by atoms with van der Waals surface area (Å²) in [5.74, 6) is -0.201. The van der Waals surface area contributed by atoms with Crippen molar-refractivity contribution in [2.45, 2.75) is 30.7 Å². The van der Waals surface area contributed by atoms with Gasteiger partial charge in [0.15, 0.2) is 0 Å². The number of hydrogen-bond donors (Lipinski definition) is 1. The molecule has 5 nitrogen and oxygen atoms in total. The van der Waals surface area contributed by atoms with E-state index < -0.39 is 10.0 Å². The number of hydrogen-bond acceptors (Lipinski definition) is 3. The number of halogens is 1. The minimum atomic E-state index is -3.58. The lowest BCUT2D eigenvalue weighted by Crippen LogP contribution is -2.43. The zero-order valence-electron chi connectivity index (χ0n) is 17.3. The molecule has 1 aliphatic heterocycles. The predicted octanol–water partition coefficient (Wildman–Crippen LogP) is 4.88. The fourth-order valence-electron chi connectivity index (χ4n) is 4.03. The molecule has 0 radical (unpaired) electrons. The Morgan fingerprint density at radius 2 is 1.71 bits per heavy atom. The van der Waals surface area contributed by atoms with E-state index in [1.807, 2.05) is 61.5 Å². The van der Waals surface area contributed by atoms with E-state index in [-0.39, 0.29) is 17.9 Å². The summed E-state index contributed by atoms with van der Waals surface area (Å²) < 4.78 is 28.7. The number of rotatable bonds is 5. The fourth-order valence-corrected chi connectivity index (χ4v) is 5.95. The van der Waals surface area contributed by atoms with E-state index in [9.17, 15) is 13.2 Å². The van der Waals surface area contributed by atoms with Gasteiger partial charge in [0.05, 0.1) is 10.9 Å². The van der Waals surface area contributed by atoms with Gasteiger partial charge in [-0.25, -0.2) is 8.42 Å². The maximum Gasteiger partial charge on any atom is 0.243 e. The SMILES string of the molecule is C[C@H](NC(=O)C1CCN(S(=O)(=O)c2ccc3ccccc3c2)CC1)c1cccc(Br)c1. The molecule has 4 rings (SSSR count). The summed E-state index contributed by atoms with van der Waals surface area (Å²) in [7, 11) is -3.58. The predicted molar refractivity (Wildman–Crippen MR) is 126 cm³/mol. The van der Waals surface area contributed by atoms with Crippen molar-refractivity contribution in [3.63, 3.8) is 0 Å². The molecule has 0 aliphatic carbocycles. The second kappa shape index (κ2) is 9.10. The molecule has 162 valence electrons. The van der Waals surface area contributed by atoms with E-state index in [2.05, 4.69) is 21.2 Å². The van der Waals surface area contributed by atoms with Crippen LogP contribution in [0.1, 0.15) is 31.4 Å². The molecular weight excluding hydrogens is 476 g/mol. The van der Waals surface area contributed by atoms with Gasteiger partial charge in [-0.15, -0.1) is 0 Å². The molecule has 7 heteroatoms. The topological polar surface area (TPSA) is 66.5 Å². The first-order valence-corrected chi connectivity index (χ1v) is 12.6. The molecule has 1 heterocycles. The molecular formula is C24H25BrN2O3S. The summed E-state index contributed by atoms with van der Waals surface area (Å²) in [6, 6.07) is 20.7. The van der Waals surface area contributed by atoms with Crippen molar-refractivity contribution >= 4 is 42.6 Å². The van der Waals surface area contributed by atoms with Crippen LogP contribution in [0.5, 0.6) is 0 Å². The number of piperidine rings is 1. The van der Waals surface area contributed by atoms with Crippen molar-refractivity contribution in [3.8, 4) is 0 Å². The molecule has 1 saturated heterocycles. The Morgan fingerprint density at radius 3 is 2.42 bits per heavy atom. The molecule has 3 aromatic carbocycles.